The average Bonchev–Trinajstić information content (AvgIpc) is 2.28. The zero-order valence-electron chi connectivity index (χ0n) is 11.3. The lowest BCUT2D eigenvalue weighted by atomic mass is 10.2. The summed E-state index contributed by atoms with van der Waals surface area (Å²) in [7, 11) is 1.96. The van der Waals surface area contributed by atoms with Crippen LogP contribution in [-0.4, -0.2) is 34.1 Å². The van der Waals surface area contributed by atoms with E-state index >= 15 is 0 Å². The number of nitrogens with one attached hydrogen (secondary N) is 1. The molecule has 102 valence electrons. The second-order valence-corrected chi connectivity index (χ2v) is 4.99. The van der Waals surface area contributed by atoms with Gasteiger partial charge in [0, 0.05) is 19.1 Å². The van der Waals surface area contributed by atoms with Crippen molar-refractivity contribution in [3.8, 4) is 0 Å². The highest BCUT2D eigenvalue weighted by Gasteiger charge is 2.12. The van der Waals surface area contributed by atoms with Crippen LogP contribution in [0.2, 0.25) is 5.15 Å². The fraction of sp³-hybridized carbons (Fsp3) is 0.667. The van der Waals surface area contributed by atoms with E-state index in [2.05, 4.69) is 23.7 Å². The summed E-state index contributed by atoms with van der Waals surface area (Å²) in [6.45, 7) is 6.97. The van der Waals surface area contributed by atoms with Gasteiger partial charge in [-0.25, -0.2) is 4.79 Å². The number of likely N-dealkylation sites (N-methyl/N-ethyl adjacent to an activating group) is 1. The van der Waals surface area contributed by atoms with Gasteiger partial charge >= 0.3 is 5.69 Å². The summed E-state index contributed by atoms with van der Waals surface area (Å²) in [5, 5.41) is 0.154. The molecule has 0 saturated carbocycles. The summed E-state index contributed by atoms with van der Waals surface area (Å²) in [5.41, 5.74) is -0.272. The average molecular weight is 274 g/mol. The van der Waals surface area contributed by atoms with E-state index in [0.717, 1.165) is 0 Å². The first-order valence-electron chi connectivity index (χ1n) is 6.10. The SMILES string of the molecule is CCc1c(Cl)[nH]c(=O)n(CCN(C)C(C)C)c1=O. The van der Waals surface area contributed by atoms with Gasteiger partial charge in [0.2, 0.25) is 0 Å². The van der Waals surface area contributed by atoms with Crippen LogP contribution >= 0.6 is 11.6 Å². The maximum atomic E-state index is 12.1. The molecule has 0 unspecified atom stereocenters. The van der Waals surface area contributed by atoms with Crippen LogP contribution in [0.1, 0.15) is 26.3 Å². The van der Waals surface area contributed by atoms with Gasteiger partial charge in [0.05, 0.1) is 5.56 Å². The lowest BCUT2D eigenvalue weighted by molar-refractivity contribution is 0.260. The Hall–Kier alpha value is -1.07. The van der Waals surface area contributed by atoms with Crippen LogP contribution in [0.4, 0.5) is 0 Å². The Labute approximate surface area is 111 Å². The number of hydrogen-bond acceptors (Lipinski definition) is 3. The lowest BCUT2D eigenvalue weighted by Crippen LogP contribution is -2.41. The lowest BCUT2D eigenvalue weighted by Gasteiger charge is -2.21. The molecule has 0 aliphatic carbocycles. The predicted molar refractivity (Wildman–Crippen MR) is 73.5 cm³/mol. The van der Waals surface area contributed by atoms with E-state index in [1.165, 1.54) is 4.57 Å². The van der Waals surface area contributed by atoms with Crippen LogP contribution in [0.25, 0.3) is 0 Å². The molecule has 0 spiro atoms. The van der Waals surface area contributed by atoms with Gasteiger partial charge in [-0.15, -0.1) is 0 Å². The molecule has 0 fully saturated rings. The standard InChI is InChI=1S/C12H20ClN3O2/c1-5-9-10(13)14-12(18)16(11(9)17)7-6-15(4)8(2)3/h8H,5-7H2,1-4H3,(H,14,18). The second kappa shape index (κ2) is 6.20. The molecule has 0 aliphatic rings. The summed E-state index contributed by atoms with van der Waals surface area (Å²) in [5.74, 6) is 0. The molecule has 1 N–H and O–H groups in total. The molecule has 0 atom stereocenters. The van der Waals surface area contributed by atoms with Crippen molar-refractivity contribution in [1.29, 1.82) is 0 Å². The van der Waals surface area contributed by atoms with E-state index in [-0.39, 0.29) is 10.7 Å². The quantitative estimate of drug-likeness (QED) is 0.817. The first-order valence-corrected chi connectivity index (χ1v) is 6.48. The van der Waals surface area contributed by atoms with Gasteiger partial charge in [0.1, 0.15) is 5.15 Å². The van der Waals surface area contributed by atoms with Gasteiger partial charge in [0.15, 0.2) is 0 Å². The monoisotopic (exact) mass is 273 g/mol. The Kier molecular flexibility index (Phi) is 5.16. The number of hydrogen-bond donors (Lipinski definition) is 1. The summed E-state index contributed by atoms with van der Waals surface area (Å²) in [4.78, 5) is 28.4. The van der Waals surface area contributed by atoms with Crippen molar-refractivity contribution in [3.63, 3.8) is 0 Å². The van der Waals surface area contributed by atoms with E-state index < -0.39 is 5.69 Å². The first kappa shape index (κ1) is 15.0. The van der Waals surface area contributed by atoms with Crippen molar-refractivity contribution >= 4 is 11.6 Å². The maximum Gasteiger partial charge on any atom is 0.329 e. The second-order valence-electron chi connectivity index (χ2n) is 4.61. The molecule has 0 aliphatic heterocycles. The Bertz CT molecular complexity index is 519. The molecule has 18 heavy (non-hydrogen) atoms. The fourth-order valence-electron chi connectivity index (χ4n) is 1.61. The van der Waals surface area contributed by atoms with E-state index in [1.807, 2.05) is 14.0 Å². The maximum absolute atomic E-state index is 12.1. The molecule has 0 radical (unpaired) electrons. The Morgan fingerprint density at radius 1 is 1.39 bits per heavy atom. The third-order valence-corrected chi connectivity index (χ3v) is 3.46. The Morgan fingerprint density at radius 2 is 2.00 bits per heavy atom. The van der Waals surface area contributed by atoms with Crippen LogP contribution < -0.4 is 11.2 Å². The van der Waals surface area contributed by atoms with E-state index in [4.69, 9.17) is 11.6 Å². The normalized spacial score (nSPS) is 11.5. The molecule has 0 amide bonds. The van der Waals surface area contributed by atoms with Gasteiger partial charge in [-0.05, 0) is 27.3 Å². The summed E-state index contributed by atoms with van der Waals surface area (Å²) in [6, 6.07) is 0.373. The van der Waals surface area contributed by atoms with Crippen LogP contribution in [0, 0.1) is 0 Å². The van der Waals surface area contributed by atoms with Gasteiger partial charge in [-0.2, -0.15) is 0 Å². The highest BCUT2D eigenvalue weighted by molar-refractivity contribution is 6.30. The molecule has 1 heterocycles. The third kappa shape index (κ3) is 3.23. The molecule has 5 nitrogen and oxygen atoms in total. The minimum atomic E-state index is -0.445. The van der Waals surface area contributed by atoms with E-state index in [1.54, 1.807) is 0 Å². The van der Waals surface area contributed by atoms with E-state index in [9.17, 15) is 9.59 Å². The first-order chi connectivity index (χ1) is 8.38. The third-order valence-electron chi connectivity index (χ3n) is 3.14. The van der Waals surface area contributed by atoms with Crippen molar-refractivity contribution in [2.24, 2.45) is 0 Å². The molecule has 0 bridgehead atoms. The van der Waals surface area contributed by atoms with Gasteiger partial charge in [-0.1, -0.05) is 18.5 Å². The van der Waals surface area contributed by atoms with Crippen molar-refractivity contribution < 1.29 is 0 Å². The largest absolute Gasteiger partial charge is 0.329 e. The number of rotatable bonds is 5. The number of aromatic amines is 1. The number of nitrogens with zero attached hydrogens (tertiary/aromatic N) is 2. The minimum Gasteiger partial charge on any atom is -0.302 e. The van der Waals surface area contributed by atoms with E-state index in [0.29, 0.717) is 31.1 Å². The molecule has 0 aromatic carbocycles. The van der Waals surface area contributed by atoms with Gasteiger partial charge in [-0.3, -0.25) is 14.3 Å². The molecule has 0 saturated heterocycles. The van der Waals surface area contributed by atoms with Crippen LogP contribution in [-0.2, 0) is 13.0 Å². The van der Waals surface area contributed by atoms with Crippen molar-refractivity contribution in [1.82, 2.24) is 14.5 Å². The van der Waals surface area contributed by atoms with Crippen molar-refractivity contribution in [3.05, 3.63) is 31.6 Å². The zero-order chi connectivity index (χ0) is 13.9. The van der Waals surface area contributed by atoms with Crippen LogP contribution in [0.3, 0.4) is 0 Å². The highest BCUT2D eigenvalue weighted by atomic mass is 35.5. The Balaban J connectivity index is 3.03. The van der Waals surface area contributed by atoms with Gasteiger partial charge < -0.3 is 4.90 Å². The topological polar surface area (TPSA) is 58.1 Å². The summed E-state index contributed by atoms with van der Waals surface area (Å²) >= 11 is 5.84. The Morgan fingerprint density at radius 3 is 2.50 bits per heavy atom. The summed E-state index contributed by atoms with van der Waals surface area (Å²) in [6.07, 6.45) is 0.508. The van der Waals surface area contributed by atoms with Crippen molar-refractivity contribution in [2.75, 3.05) is 13.6 Å². The summed E-state index contributed by atoms with van der Waals surface area (Å²) < 4.78 is 1.21. The zero-order valence-corrected chi connectivity index (χ0v) is 12.0. The molecule has 1 aromatic heterocycles. The van der Waals surface area contributed by atoms with Crippen molar-refractivity contribution in [2.45, 2.75) is 39.8 Å². The number of H-pyrrole nitrogens is 1. The van der Waals surface area contributed by atoms with Gasteiger partial charge in [0.25, 0.3) is 5.56 Å². The van der Waals surface area contributed by atoms with Crippen LogP contribution in [0.15, 0.2) is 9.59 Å². The number of aromatic nitrogens is 2. The molecule has 1 rings (SSSR count). The molecular weight excluding hydrogens is 254 g/mol. The molecule has 6 heteroatoms. The molecule has 1 aromatic rings. The molecular formula is C12H20ClN3O2. The highest BCUT2D eigenvalue weighted by Crippen LogP contribution is 2.05. The van der Waals surface area contributed by atoms with Crippen LogP contribution in [0.5, 0.6) is 0 Å². The predicted octanol–water partition coefficient (Wildman–Crippen LogP) is 1.09. The number of halogens is 1. The minimum absolute atomic E-state index is 0.154. The smallest absolute Gasteiger partial charge is 0.302 e. The fourth-order valence-corrected chi connectivity index (χ4v) is 1.91.